The van der Waals surface area contributed by atoms with Crippen LogP contribution >= 0.6 is 11.8 Å². The van der Waals surface area contributed by atoms with E-state index in [1.807, 2.05) is 18.8 Å². The van der Waals surface area contributed by atoms with Gasteiger partial charge in [-0.05, 0) is 25.5 Å². The van der Waals surface area contributed by atoms with Crippen LogP contribution in [0.5, 0.6) is 0 Å². The molecule has 0 aromatic heterocycles. The average molecular weight is 311 g/mol. The van der Waals surface area contributed by atoms with Crippen molar-refractivity contribution in [3.05, 3.63) is 0 Å². The minimum absolute atomic E-state index is 0.598. The van der Waals surface area contributed by atoms with E-state index < -0.39 is 0 Å². The monoisotopic (exact) mass is 311 g/mol. The van der Waals surface area contributed by atoms with Gasteiger partial charge in [-0.2, -0.15) is 11.8 Å². The summed E-state index contributed by atoms with van der Waals surface area (Å²) in [5, 5.41) is 7.98. The summed E-state index contributed by atoms with van der Waals surface area (Å²) < 4.78 is 0. The number of nitrogens with one attached hydrogen (secondary N) is 2. The molecule has 0 spiro atoms. The minimum Gasteiger partial charge on any atom is -0.355 e. The van der Waals surface area contributed by atoms with Crippen LogP contribution in [0.15, 0.2) is 4.99 Å². The molecule has 3 heterocycles. The standard InChI is InChI=1S/C15H29N5S/c1-16-15(18-12-3-4-14(9-12)21-2)17-10-13-11-19-5-7-20(13)8-6-19/h12-14H,3-11H2,1-2H3,(H2,16,17,18). The van der Waals surface area contributed by atoms with Crippen LogP contribution in [-0.2, 0) is 0 Å². The van der Waals surface area contributed by atoms with Gasteiger partial charge in [-0.1, -0.05) is 0 Å². The molecule has 3 aliphatic heterocycles. The van der Waals surface area contributed by atoms with Gasteiger partial charge < -0.3 is 10.6 Å². The van der Waals surface area contributed by atoms with Crippen molar-refractivity contribution in [1.29, 1.82) is 0 Å². The second kappa shape index (κ2) is 7.20. The lowest BCUT2D eigenvalue weighted by Gasteiger charge is -2.47. The second-order valence-corrected chi connectivity index (χ2v) is 7.59. The predicted octanol–water partition coefficient (Wildman–Crippen LogP) is 0.435. The van der Waals surface area contributed by atoms with E-state index >= 15 is 0 Å². The van der Waals surface area contributed by atoms with Crippen LogP contribution in [0.25, 0.3) is 0 Å². The highest BCUT2D eigenvalue weighted by molar-refractivity contribution is 7.99. The molecule has 4 aliphatic rings. The van der Waals surface area contributed by atoms with Gasteiger partial charge in [-0.25, -0.2) is 0 Å². The van der Waals surface area contributed by atoms with E-state index in [0.29, 0.717) is 12.1 Å². The fourth-order valence-corrected chi connectivity index (χ4v) is 4.60. The highest BCUT2D eigenvalue weighted by atomic mass is 32.2. The molecule has 4 rings (SSSR count). The maximum Gasteiger partial charge on any atom is 0.191 e. The highest BCUT2D eigenvalue weighted by Crippen LogP contribution is 2.28. The summed E-state index contributed by atoms with van der Waals surface area (Å²) in [5.74, 6) is 0.986. The number of fused-ring (bicyclic) bond motifs is 3. The highest BCUT2D eigenvalue weighted by Gasteiger charge is 2.32. The molecule has 5 nitrogen and oxygen atoms in total. The quantitative estimate of drug-likeness (QED) is 0.582. The van der Waals surface area contributed by atoms with Crippen LogP contribution in [0.2, 0.25) is 0 Å². The first-order valence-corrected chi connectivity index (χ1v) is 9.53. The molecule has 0 radical (unpaired) electrons. The molecule has 3 unspecified atom stereocenters. The maximum atomic E-state index is 4.40. The van der Waals surface area contributed by atoms with Crippen molar-refractivity contribution < 1.29 is 0 Å². The van der Waals surface area contributed by atoms with Gasteiger partial charge >= 0.3 is 0 Å². The van der Waals surface area contributed by atoms with Crippen molar-refractivity contribution >= 4 is 17.7 Å². The van der Waals surface area contributed by atoms with Crippen molar-refractivity contribution in [2.75, 3.05) is 52.6 Å². The number of hydrogen-bond donors (Lipinski definition) is 2. The van der Waals surface area contributed by atoms with Crippen LogP contribution < -0.4 is 10.6 Å². The smallest absolute Gasteiger partial charge is 0.191 e. The fourth-order valence-electron chi connectivity index (χ4n) is 3.81. The van der Waals surface area contributed by atoms with E-state index in [1.54, 1.807) is 0 Å². The van der Waals surface area contributed by atoms with Crippen LogP contribution in [0.3, 0.4) is 0 Å². The number of hydrogen-bond acceptors (Lipinski definition) is 4. The van der Waals surface area contributed by atoms with E-state index in [-0.39, 0.29) is 0 Å². The maximum absolute atomic E-state index is 4.40. The molecule has 2 bridgehead atoms. The summed E-state index contributed by atoms with van der Waals surface area (Å²) in [6.07, 6.45) is 6.10. The second-order valence-electron chi connectivity index (χ2n) is 6.46. The van der Waals surface area contributed by atoms with Crippen LogP contribution in [0.4, 0.5) is 0 Å². The molecule has 1 aliphatic carbocycles. The van der Waals surface area contributed by atoms with Gasteiger partial charge in [-0.3, -0.25) is 14.8 Å². The molecule has 0 aromatic rings. The van der Waals surface area contributed by atoms with Crippen LogP contribution in [-0.4, -0.2) is 85.7 Å². The molecular weight excluding hydrogens is 282 g/mol. The number of rotatable bonds is 4. The Labute approximate surface area is 132 Å². The van der Waals surface area contributed by atoms with Crippen LogP contribution in [0.1, 0.15) is 19.3 Å². The van der Waals surface area contributed by atoms with Gasteiger partial charge in [0, 0.05) is 63.6 Å². The molecule has 2 N–H and O–H groups in total. The Morgan fingerprint density at radius 1 is 1.24 bits per heavy atom. The summed E-state index contributed by atoms with van der Waals surface area (Å²) in [5.41, 5.74) is 0. The van der Waals surface area contributed by atoms with E-state index in [9.17, 15) is 0 Å². The Balaban J connectivity index is 1.43. The van der Waals surface area contributed by atoms with Crippen molar-refractivity contribution in [2.24, 2.45) is 4.99 Å². The zero-order valence-corrected chi connectivity index (χ0v) is 14.2. The van der Waals surface area contributed by atoms with Gasteiger partial charge in [0.1, 0.15) is 0 Å². The molecule has 120 valence electrons. The van der Waals surface area contributed by atoms with Gasteiger partial charge in [0.15, 0.2) is 5.96 Å². The van der Waals surface area contributed by atoms with E-state index in [0.717, 1.165) is 17.8 Å². The predicted molar refractivity (Wildman–Crippen MR) is 91.2 cm³/mol. The van der Waals surface area contributed by atoms with Crippen molar-refractivity contribution in [3.63, 3.8) is 0 Å². The molecule has 6 heteroatoms. The average Bonchev–Trinajstić information content (AvgIpc) is 3.00. The van der Waals surface area contributed by atoms with Crippen molar-refractivity contribution in [3.8, 4) is 0 Å². The normalized spacial score (nSPS) is 39.5. The first kappa shape index (κ1) is 15.4. The molecule has 21 heavy (non-hydrogen) atoms. The topological polar surface area (TPSA) is 42.9 Å². The first-order chi connectivity index (χ1) is 10.3. The van der Waals surface area contributed by atoms with Crippen LogP contribution in [0, 0.1) is 0 Å². The number of nitrogens with zero attached hydrogens (tertiary/aromatic N) is 3. The third kappa shape index (κ3) is 3.85. The number of guanidine groups is 1. The number of aliphatic imine (C=N–C) groups is 1. The van der Waals surface area contributed by atoms with Crippen molar-refractivity contribution in [2.45, 2.75) is 36.6 Å². The van der Waals surface area contributed by atoms with Gasteiger partial charge in [-0.15, -0.1) is 0 Å². The van der Waals surface area contributed by atoms with E-state index in [2.05, 4.69) is 31.7 Å². The van der Waals surface area contributed by atoms with Gasteiger partial charge in [0.25, 0.3) is 0 Å². The number of piperazine rings is 3. The largest absolute Gasteiger partial charge is 0.355 e. The SMILES string of the molecule is CN=C(NCC1CN2CCN1CC2)NC1CCC(SC)C1. The van der Waals surface area contributed by atoms with Gasteiger partial charge in [0.2, 0.25) is 0 Å². The molecule has 0 amide bonds. The summed E-state index contributed by atoms with van der Waals surface area (Å²) >= 11 is 2.00. The van der Waals surface area contributed by atoms with Crippen molar-refractivity contribution in [1.82, 2.24) is 20.4 Å². The van der Waals surface area contributed by atoms with E-state index in [1.165, 1.54) is 52.0 Å². The van der Waals surface area contributed by atoms with Gasteiger partial charge in [0.05, 0.1) is 0 Å². The lowest BCUT2D eigenvalue weighted by molar-refractivity contribution is 0.0154. The zero-order chi connectivity index (χ0) is 14.7. The molecular formula is C15H29N5S. The summed E-state index contributed by atoms with van der Waals surface area (Å²) in [6, 6.07) is 1.24. The zero-order valence-electron chi connectivity index (χ0n) is 13.3. The Bertz CT molecular complexity index is 367. The first-order valence-electron chi connectivity index (χ1n) is 8.25. The molecule has 3 saturated heterocycles. The molecule has 1 saturated carbocycles. The Kier molecular flexibility index (Phi) is 5.29. The Morgan fingerprint density at radius 2 is 2.05 bits per heavy atom. The van der Waals surface area contributed by atoms with E-state index in [4.69, 9.17) is 0 Å². The molecule has 4 fully saturated rings. The fraction of sp³-hybridized carbons (Fsp3) is 0.933. The lowest BCUT2D eigenvalue weighted by atomic mass is 10.1. The summed E-state index contributed by atoms with van der Waals surface area (Å²) in [7, 11) is 1.88. The lowest BCUT2D eigenvalue weighted by Crippen LogP contribution is -2.64. The summed E-state index contributed by atoms with van der Waals surface area (Å²) in [6.45, 7) is 7.19. The third-order valence-corrected chi connectivity index (χ3v) is 6.27. The molecule has 3 atom stereocenters. The molecule has 0 aromatic carbocycles. The minimum atomic E-state index is 0.598. The third-order valence-electron chi connectivity index (χ3n) is 5.18. The number of thioether (sulfide) groups is 1. The Hall–Kier alpha value is -0.460. The Morgan fingerprint density at radius 3 is 2.62 bits per heavy atom. The summed E-state index contributed by atoms with van der Waals surface area (Å²) in [4.78, 5) is 9.61.